The van der Waals surface area contributed by atoms with Crippen LogP contribution in [0.1, 0.15) is 36.3 Å². The van der Waals surface area contributed by atoms with E-state index in [1.165, 1.54) is 12.8 Å². The molecule has 1 spiro atoms. The average Bonchev–Trinajstić information content (AvgIpc) is 2.84. The van der Waals surface area contributed by atoms with Gasteiger partial charge in [-0.15, -0.1) is 0 Å². The Labute approximate surface area is 113 Å². The number of carbonyl (C=O) groups is 1. The second-order valence-corrected chi connectivity index (χ2v) is 5.78. The summed E-state index contributed by atoms with van der Waals surface area (Å²) >= 11 is 0. The molecular weight excluding hydrogens is 242 g/mol. The average molecular weight is 263 g/mol. The van der Waals surface area contributed by atoms with Crippen LogP contribution in [0.4, 0.5) is 0 Å². The third-order valence-electron chi connectivity index (χ3n) is 4.93. The van der Waals surface area contributed by atoms with E-state index in [0.717, 1.165) is 25.9 Å². The van der Waals surface area contributed by atoms with Crippen LogP contribution in [0.15, 0.2) is 12.4 Å². The summed E-state index contributed by atoms with van der Waals surface area (Å²) in [5.41, 5.74) is 0.340. The van der Waals surface area contributed by atoms with E-state index in [-0.39, 0.29) is 5.91 Å². The zero-order valence-corrected chi connectivity index (χ0v) is 11.6. The monoisotopic (exact) mass is 263 g/mol. The maximum atomic E-state index is 12.4. The summed E-state index contributed by atoms with van der Waals surface area (Å²) in [6, 6.07) is 0. The van der Waals surface area contributed by atoms with Crippen molar-refractivity contribution in [3.63, 3.8) is 0 Å². The minimum atomic E-state index is 0.0515. The first-order chi connectivity index (χ1) is 9.16. The van der Waals surface area contributed by atoms with Crippen LogP contribution in [0.5, 0.6) is 0 Å². The predicted molar refractivity (Wildman–Crippen MR) is 70.8 cm³/mol. The Morgan fingerprint density at radius 2 is 2.16 bits per heavy atom. The van der Waals surface area contributed by atoms with Crippen LogP contribution in [-0.4, -0.2) is 46.7 Å². The van der Waals surface area contributed by atoms with Gasteiger partial charge in [-0.25, -0.2) is 4.98 Å². The lowest BCUT2D eigenvalue weighted by molar-refractivity contribution is -0.116. The molecule has 1 aliphatic heterocycles. The van der Waals surface area contributed by atoms with Crippen molar-refractivity contribution in [2.75, 3.05) is 20.2 Å². The van der Waals surface area contributed by atoms with E-state index in [0.29, 0.717) is 17.3 Å². The largest absolute Gasteiger partial charge is 0.381 e. The van der Waals surface area contributed by atoms with Crippen molar-refractivity contribution in [3.8, 4) is 0 Å². The first kappa shape index (κ1) is 12.7. The highest BCUT2D eigenvalue weighted by Gasteiger charge is 2.49. The molecule has 104 valence electrons. The second-order valence-electron chi connectivity index (χ2n) is 5.78. The van der Waals surface area contributed by atoms with Crippen molar-refractivity contribution in [2.45, 2.75) is 31.8 Å². The third kappa shape index (κ3) is 1.96. The number of hydrogen-bond acceptors (Lipinski definition) is 3. The van der Waals surface area contributed by atoms with Crippen molar-refractivity contribution in [2.24, 2.45) is 12.5 Å². The molecule has 1 amide bonds. The summed E-state index contributed by atoms with van der Waals surface area (Å²) in [6.07, 6.45) is 8.41. The predicted octanol–water partition coefficient (Wildman–Crippen LogP) is 1.45. The van der Waals surface area contributed by atoms with Crippen molar-refractivity contribution >= 4 is 5.91 Å². The fourth-order valence-electron chi connectivity index (χ4n) is 3.48. The molecule has 2 heterocycles. The van der Waals surface area contributed by atoms with Crippen LogP contribution < -0.4 is 0 Å². The first-order valence-electron chi connectivity index (χ1n) is 6.96. The van der Waals surface area contributed by atoms with Crippen LogP contribution in [0, 0.1) is 5.41 Å². The van der Waals surface area contributed by atoms with E-state index in [1.807, 2.05) is 18.1 Å². The Morgan fingerprint density at radius 3 is 2.63 bits per heavy atom. The molecule has 1 saturated carbocycles. The molecule has 1 unspecified atom stereocenters. The number of methoxy groups -OCH3 is 1. The molecule has 0 bridgehead atoms. The maximum Gasteiger partial charge on any atom is 0.289 e. The summed E-state index contributed by atoms with van der Waals surface area (Å²) in [5.74, 6) is 0.587. The fraction of sp³-hybridized carbons (Fsp3) is 0.714. The Hall–Kier alpha value is -1.36. The number of nitrogens with zero attached hydrogens (tertiary/aromatic N) is 3. The summed E-state index contributed by atoms with van der Waals surface area (Å²) in [5, 5.41) is 0. The van der Waals surface area contributed by atoms with Crippen LogP contribution in [0.2, 0.25) is 0 Å². The van der Waals surface area contributed by atoms with Gasteiger partial charge >= 0.3 is 0 Å². The molecular formula is C14H21N3O2. The van der Waals surface area contributed by atoms with Crippen LogP contribution in [-0.2, 0) is 11.8 Å². The molecule has 1 aromatic rings. The Bertz CT molecular complexity index is 473. The van der Waals surface area contributed by atoms with E-state index in [2.05, 4.69) is 4.98 Å². The Morgan fingerprint density at radius 1 is 1.42 bits per heavy atom. The van der Waals surface area contributed by atoms with Crippen LogP contribution in [0.25, 0.3) is 0 Å². The Kier molecular flexibility index (Phi) is 3.09. The zero-order valence-electron chi connectivity index (χ0n) is 11.6. The SMILES string of the molecule is COC1CCC12CCN(C(=O)c1nccn1C)CC2. The van der Waals surface area contributed by atoms with Crippen molar-refractivity contribution in [1.29, 1.82) is 0 Å². The lowest BCUT2D eigenvalue weighted by Crippen LogP contribution is -2.54. The number of piperidine rings is 1. The van der Waals surface area contributed by atoms with E-state index >= 15 is 0 Å². The molecule has 5 heteroatoms. The topological polar surface area (TPSA) is 47.4 Å². The first-order valence-corrected chi connectivity index (χ1v) is 6.96. The van der Waals surface area contributed by atoms with Gasteiger partial charge in [0, 0.05) is 45.1 Å². The van der Waals surface area contributed by atoms with Gasteiger partial charge in [0.2, 0.25) is 0 Å². The van der Waals surface area contributed by atoms with Gasteiger partial charge in [-0.1, -0.05) is 0 Å². The van der Waals surface area contributed by atoms with Crippen LogP contribution >= 0.6 is 0 Å². The number of aromatic nitrogens is 2. The number of aryl methyl sites for hydroxylation is 1. The molecule has 0 aromatic carbocycles. The standard InChI is InChI=1S/C14H21N3O2/c1-16-10-7-15-12(16)13(18)17-8-5-14(6-9-17)4-3-11(14)19-2/h7,10-11H,3-6,8-9H2,1-2H3. The third-order valence-corrected chi connectivity index (χ3v) is 4.93. The minimum absolute atomic E-state index is 0.0515. The van der Waals surface area contributed by atoms with Gasteiger partial charge in [-0.2, -0.15) is 0 Å². The summed E-state index contributed by atoms with van der Waals surface area (Å²) < 4.78 is 7.33. The molecule has 1 saturated heterocycles. The van der Waals surface area contributed by atoms with Gasteiger partial charge in [0.05, 0.1) is 6.10 Å². The summed E-state index contributed by atoms with van der Waals surface area (Å²) in [4.78, 5) is 18.4. The van der Waals surface area contributed by atoms with Gasteiger partial charge in [-0.3, -0.25) is 4.79 Å². The van der Waals surface area contributed by atoms with Crippen molar-refractivity contribution < 1.29 is 9.53 Å². The molecule has 1 aliphatic carbocycles. The highest BCUT2D eigenvalue weighted by molar-refractivity contribution is 5.90. The lowest BCUT2D eigenvalue weighted by atomic mass is 9.61. The quantitative estimate of drug-likeness (QED) is 0.811. The van der Waals surface area contributed by atoms with Gasteiger partial charge in [0.25, 0.3) is 5.91 Å². The number of carbonyl (C=O) groups excluding carboxylic acids is 1. The number of hydrogen-bond donors (Lipinski definition) is 0. The molecule has 1 aromatic heterocycles. The number of imidazole rings is 1. The zero-order chi connectivity index (χ0) is 13.5. The van der Waals surface area contributed by atoms with Crippen molar-refractivity contribution in [3.05, 3.63) is 18.2 Å². The second kappa shape index (κ2) is 4.63. The van der Waals surface area contributed by atoms with E-state index in [9.17, 15) is 4.79 Å². The van der Waals surface area contributed by atoms with Crippen LogP contribution in [0.3, 0.4) is 0 Å². The molecule has 2 aliphatic rings. The summed E-state index contributed by atoms with van der Waals surface area (Å²) in [7, 11) is 3.66. The molecule has 5 nitrogen and oxygen atoms in total. The highest BCUT2D eigenvalue weighted by atomic mass is 16.5. The molecule has 19 heavy (non-hydrogen) atoms. The van der Waals surface area contributed by atoms with E-state index in [4.69, 9.17) is 4.74 Å². The maximum absolute atomic E-state index is 12.4. The fourth-order valence-corrected chi connectivity index (χ4v) is 3.48. The number of rotatable bonds is 2. The number of ether oxygens (including phenoxy) is 1. The molecule has 0 N–H and O–H groups in total. The van der Waals surface area contributed by atoms with E-state index < -0.39 is 0 Å². The molecule has 0 radical (unpaired) electrons. The van der Waals surface area contributed by atoms with Crippen molar-refractivity contribution in [1.82, 2.24) is 14.5 Å². The summed E-state index contributed by atoms with van der Waals surface area (Å²) in [6.45, 7) is 1.65. The number of amides is 1. The van der Waals surface area contributed by atoms with E-state index in [1.54, 1.807) is 17.9 Å². The molecule has 2 fully saturated rings. The van der Waals surface area contributed by atoms with Gasteiger partial charge in [0.15, 0.2) is 5.82 Å². The normalized spacial score (nSPS) is 25.4. The molecule has 1 atom stereocenters. The number of likely N-dealkylation sites (tertiary alicyclic amines) is 1. The minimum Gasteiger partial charge on any atom is -0.381 e. The molecule has 3 rings (SSSR count). The lowest BCUT2D eigenvalue weighted by Gasteiger charge is -2.53. The highest BCUT2D eigenvalue weighted by Crippen LogP contribution is 2.50. The van der Waals surface area contributed by atoms with Gasteiger partial charge < -0.3 is 14.2 Å². The van der Waals surface area contributed by atoms with Gasteiger partial charge in [0.1, 0.15) is 0 Å². The van der Waals surface area contributed by atoms with Gasteiger partial charge in [-0.05, 0) is 25.7 Å². The Balaban J connectivity index is 1.65. The smallest absolute Gasteiger partial charge is 0.289 e.